The molecule has 0 saturated heterocycles. The van der Waals surface area contributed by atoms with Crippen LogP contribution in [0.25, 0.3) is 11.2 Å². The summed E-state index contributed by atoms with van der Waals surface area (Å²) < 4.78 is 7.43. The van der Waals surface area contributed by atoms with E-state index in [0.717, 1.165) is 44.5 Å². The van der Waals surface area contributed by atoms with Gasteiger partial charge in [0.15, 0.2) is 10.8 Å². The van der Waals surface area contributed by atoms with Crippen LogP contribution >= 0.6 is 11.8 Å². The van der Waals surface area contributed by atoms with Crippen LogP contribution in [0.4, 0.5) is 0 Å². The highest BCUT2D eigenvalue weighted by atomic mass is 32.2. The van der Waals surface area contributed by atoms with Crippen LogP contribution in [-0.2, 0) is 12.3 Å². The van der Waals surface area contributed by atoms with E-state index in [0.29, 0.717) is 12.1 Å². The second-order valence-corrected chi connectivity index (χ2v) is 9.71. The maximum atomic E-state index is 12.7. The number of ether oxygens (including phenoxy) is 1. The van der Waals surface area contributed by atoms with Crippen molar-refractivity contribution in [1.29, 1.82) is 0 Å². The number of thioether (sulfide) groups is 1. The highest BCUT2D eigenvalue weighted by Crippen LogP contribution is 2.27. The fourth-order valence-electron chi connectivity index (χ4n) is 4.11. The van der Waals surface area contributed by atoms with Crippen molar-refractivity contribution < 1.29 is 9.53 Å². The number of carbonyl (C=O) groups excluding carboxylic acids is 1. The Balaban J connectivity index is 1.27. The van der Waals surface area contributed by atoms with E-state index in [1.807, 2.05) is 85.8 Å². The minimum atomic E-state index is -0.0806. The number of carbonyl (C=O) groups is 1. The summed E-state index contributed by atoms with van der Waals surface area (Å²) in [6.45, 7) is 2.66. The highest BCUT2D eigenvalue weighted by molar-refractivity contribution is 7.98. The largest absolute Gasteiger partial charge is 0.497 e. The lowest BCUT2D eigenvalue weighted by Crippen LogP contribution is -2.26. The average molecular weight is 509 g/mol. The Labute approximate surface area is 220 Å². The summed E-state index contributed by atoms with van der Waals surface area (Å²) >= 11 is 1.66. The van der Waals surface area contributed by atoms with Gasteiger partial charge in [-0.1, -0.05) is 66.4 Å². The number of rotatable bonds is 9. The lowest BCUT2D eigenvalue weighted by atomic mass is 10.1. The molecule has 0 fully saturated rings. The number of imidazole rings is 1. The van der Waals surface area contributed by atoms with Gasteiger partial charge in [-0.05, 0) is 60.0 Å². The van der Waals surface area contributed by atoms with Gasteiger partial charge in [-0.25, -0.2) is 9.97 Å². The van der Waals surface area contributed by atoms with E-state index in [9.17, 15) is 4.79 Å². The normalized spacial score (nSPS) is 11.8. The number of nitrogens with zero attached hydrogens (tertiary/aromatic N) is 3. The van der Waals surface area contributed by atoms with Crippen molar-refractivity contribution in [2.24, 2.45) is 0 Å². The van der Waals surface area contributed by atoms with Crippen molar-refractivity contribution >= 4 is 28.8 Å². The Morgan fingerprint density at radius 1 is 0.946 bits per heavy atom. The third-order valence-corrected chi connectivity index (χ3v) is 7.25. The second kappa shape index (κ2) is 11.3. The number of nitrogens with one attached hydrogen (secondary N) is 1. The first-order valence-electron chi connectivity index (χ1n) is 12.1. The number of amides is 1. The van der Waals surface area contributed by atoms with E-state index in [1.54, 1.807) is 25.1 Å². The summed E-state index contributed by atoms with van der Waals surface area (Å²) in [7, 11) is 1.67. The number of hydrogen-bond donors (Lipinski definition) is 1. The summed E-state index contributed by atoms with van der Waals surface area (Å²) in [6, 6.07) is 29.6. The van der Waals surface area contributed by atoms with Crippen molar-refractivity contribution in [2.75, 3.05) is 7.11 Å². The van der Waals surface area contributed by atoms with E-state index in [1.165, 1.54) is 0 Å². The molecule has 0 aliphatic rings. The molecule has 186 valence electrons. The molecule has 2 aromatic heterocycles. The predicted octanol–water partition coefficient (Wildman–Crippen LogP) is 6.27. The lowest BCUT2D eigenvalue weighted by molar-refractivity contribution is 0.0940. The summed E-state index contributed by atoms with van der Waals surface area (Å²) in [5.74, 6) is 1.48. The quantitative estimate of drug-likeness (QED) is 0.238. The molecule has 1 N–H and O–H groups in total. The fourth-order valence-corrected chi connectivity index (χ4v) is 5.07. The Hall–Kier alpha value is -4.10. The minimum absolute atomic E-state index is 0.0590. The molecule has 3 aromatic carbocycles. The number of aromatic nitrogens is 3. The van der Waals surface area contributed by atoms with Gasteiger partial charge in [0, 0.05) is 17.5 Å². The SMILES string of the molecule is COc1ccc(Cn2c(SCc3ccc(C(=O)N[C@H](C)c4ccccc4)cc3)nc3cccnc32)cc1. The number of pyridine rings is 1. The topological polar surface area (TPSA) is 69.0 Å². The molecule has 0 saturated carbocycles. The monoisotopic (exact) mass is 508 g/mol. The standard InChI is InChI=1S/C30H28N4O2S/c1-21(24-7-4-3-5-8-24)32-29(35)25-14-10-23(11-15-25)20-37-30-33-27-9-6-18-31-28(27)34(30)19-22-12-16-26(36-2)17-13-22/h3-18,21H,19-20H2,1-2H3,(H,32,35)/t21-/m1/s1. The summed E-state index contributed by atoms with van der Waals surface area (Å²) in [4.78, 5) is 22.2. The molecule has 5 rings (SSSR count). The Kier molecular flexibility index (Phi) is 7.51. The molecular weight excluding hydrogens is 480 g/mol. The molecule has 7 heteroatoms. The van der Waals surface area contributed by atoms with Gasteiger partial charge in [0.25, 0.3) is 5.91 Å². The third-order valence-electron chi connectivity index (χ3n) is 6.20. The summed E-state index contributed by atoms with van der Waals surface area (Å²) in [5, 5.41) is 3.98. The molecule has 37 heavy (non-hydrogen) atoms. The first-order valence-corrected chi connectivity index (χ1v) is 13.1. The lowest BCUT2D eigenvalue weighted by Gasteiger charge is -2.14. The van der Waals surface area contributed by atoms with Crippen LogP contribution in [0.1, 0.15) is 40.0 Å². The molecule has 0 aliphatic heterocycles. The highest BCUT2D eigenvalue weighted by Gasteiger charge is 2.14. The maximum Gasteiger partial charge on any atom is 0.251 e. The van der Waals surface area contributed by atoms with Gasteiger partial charge < -0.3 is 10.1 Å². The Bertz CT molecular complexity index is 1480. The zero-order valence-electron chi connectivity index (χ0n) is 20.8. The van der Waals surface area contributed by atoms with Crippen LogP contribution in [0, 0.1) is 0 Å². The molecule has 2 heterocycles. The molecule has 0 spiro atoms. The Morgan fingerprint density at radius 2 is 1.68 bits per heavy atom. The molecule has 0 bridgehead atoms. The second-order valence-electron chi connectivity index (χ2n) is 8.77. The van der Waals surface area contributed by atoms with Gasteiger partial charge in [-0.3, -0.25) is 9.36 Å². The molecule has 1 amide bonds. The number of hydrogen-bond acceptors (Lipinski definition) is 5. The zero-order chi connectivity index (χ0) is 25.6. The van der Waals surface area contributed by atoms with Crippen LogP contribution in [0.15, 0.2) is 102 Å². The zero-order valence-corrected chi connectivity index (χ0v) is 21.6. The van der Waals surface area contributed by atoms with Crippen LogP contribution in [-0.4, -0.2) is 27.6 Å². The van der Waals surface area contributed by atoms with Gasteiger partial charge in [0.2, 0.25) is 0 Å². The molecular formula is C30H28N4O2S. The maximum absolute atomic E-state index is 12.7. The third kappa shape index (κ3) is 5.84. The van der Waals surface area contributed by atoms with E-state index in [-0.39, 0.29) is 11.9 Å². The molecule has 0 radical (unpaired) electrons. The average Bonchev–Trinajstić information content (AvgIpc) is 3.30. The number of benzene rings is 3. The summed E-state index contributed by atoms with van der Waals surface area (Å²) in [5.41, 5.74) is 5.73. The van der Waals surface area contributed by atoms with E-state index in [4.69, 9.17) is 9.72 Å². The van der Waals surface area contributed by atoms with Crippen LogP contribution in [0.5, 0.6) is 5.75 Å². The molecule has 0 aliphatic carbocycles. The first kappa shape index (κ1) is 24.6. The van der Waals surface area contributed by atoms with Gasteiger partial charge in [-0.2, -0.15) is 0 Å². The van der Waals surface area contributed by atoms with Crippen LogP contribution < -0.4 is 10.1 Å². The number of methoxy groups -OCH3 is 1. The van der Waals surface area contributed by atoms with Crippen molar-refractivity contribution in [3.8, 4) is 5.75 Å². The fraction of sp³-hybridized carbons (Fsp3) is 0.167. The van der Waals surface area contributed by atoms with E-state index >= 15 is 0 Å². The van der Waals surface area contributed by atoms with Crippen molar-refractivity contribution in [3.05, 3.63) is 119 Å². The van der Waals surface area contributed by atoms with E-state index < -0.39 is 0 Å². The number of fused-ring (bicyclic) bond motifs is 1. The van der Waals surface area contributed by atoms with Crippen LogP contribution in [0.3, 0.4) is 0 Å². The smallest absolute Gasteiger partial charge is 0.251 e. The molecule has 6 nitrogen and oxygen atoms in total. The predicted molar refractivity (Wildman–Crippen MR) is 148 cm³/mol. The van der Waals surface area contributed by atoms with Crippen molar-refractivity contribution in [1.82, 2.24) is 19.9 Å². The van der Waals surface area contributed by atoms with E-state index in [2.05, 4.69) is 27.0 Å². The first-order chi connectivity index (χ1) is 18.1. The van der Waals surface area contributed by atoms with Crippen molar-refractivity contribution in [2.45, 2.75) is 30.4 Å². The van der Waals surface area contributed by atoms with Crippen molar-refractivity contribution in [3.63, 3.8) is 0 Å². The Morgan fingerprint density at radius 3 is 2.41 bits per heavy atom. The van der Waals surface area contributed by atoms with Gasteiger partial charge in [0.05, 0.1) is 19.7 Å². The molecule has 0 unspecified atom stereocenters. The van der Waals surface area contributed by atoms with Crippen LogP contribution in [0.2, 0.25) is 0 Å². The summed E-state index contributed by atoms with van der Waals surface area (Å²) in [6.07, 6.45) is 1.80. The van der Waals surface area contributed by atoms with Gasteiger partial charge in [0.1, 0.15) is 11.3 Å². The molecule has 5 aromatic rings. The minimum Gasteiger partial charge on any atom is -0.497 e. The van der Waals surface area contributed by atoms with Gasteiger partial charge in [-0.15, -0.1) is 0 Å². The molecule has 1 atom stereocenters. The van der Waals surface area contributed by atoms with Gasteiger partial charge >= 0.3 is 0 Å².